The molecule has 27 heavy (non-hydrogen) atoms. The molecule has 0 atom stereocenters. The van der Waals surface area contributed by atoms with Crippen molar-refractivity contribution in [2.75, 3.05) is 7.11 Å². The molecule has 1 amide bonds. The molecule has 3 aromatic rings. The molecule has 0 saturated heterocycles. The van der Waals surface area contributed by atoms with E-state index < -0.39 is 5.91 Å². The summed E-state index contributed by atoms with van der Waals surface area (Å²) in [5.74, 6) is -0.240. The lowest BCUT2D eigenvalue weighted by Crippen LogP contribution is -2.24. The number of benzene rings is 2. The number of ether oxygens (including phenoxy) is 1. The number of rotatable bonds is 6. The minimum atomic E-state index is -0.458. The van der Waals surface area contributed by atoms with Crippen molar-refractivity contribution in [2.45, 2.75) is 6.54 Å². The molecule has 0 fully saturated rings. The zero-order valence-electron chi connectivity index (χ0n) is 14.2. The number of tetrazole rings is 1. The van der Waals surface area contributed by atoms with E-state index in [-0.39, 0.29) is 23.9 Å². The van der Waals surface area contributed by atoms with Crippen molar-refractivity contribution in [1.29, 1.82) is 0 Å². The summed E-state index contributed by atoms with van der Waals surface area (Å²) in [6, 6.07) is 10.3. The predicted octanol–water partition coefficient (Wildman–Crippen LogP) is 1.34. The standard InChI is InChI=1S/C17H15FN6O3/c1-27-15-8-11(2-7-14(15)25)9-19-20-16(26)10-24-22-17(21-23-24)12-3-5-13(18)6-4-12/h2-9,25H,10H2,1H3,(H,20,26). The molecule has 2 N–H and O–H groups in total. The highest BCUT2D eigenvalue weighted by Crippen LogP contribution is 2.25. The number of phenols is 1. The third kappa shape index (κ3) is 4.63. The Bertz CT molecular complexity index is 971. The molecule has 0 bridgehead atoms. The second kappa shape index (κ2) is 8.04. The Balaban J connectivity index is 1.57. The minimum absolute atomic E-state index is 0.00732. The third-order valence-corrected chi connectivity index (χ3v) is 3.45. The van der Waals surface area contributed by atoms with Gasteiger partial charge in [-0.15, -0.1) is 10.2 Å². The van der Waals surface area contributed by atoms with Crippen LogP contribution in [0.1, 0.15) is 5.56 Å². The summed E-state index contributed by atoms with van der Waals surface area (Å²) in [4.78, 5) is 13.0. The molecule has 0 saturated carbocycles. The van der Waals surface area contributed by atoms with Gasteiger partial charge in [-0.2, -0.15) is 9.90 Å². The van der Waals surface area contributed by atoms with Crippen molar-refractivity contribution in [3.05, 3.63) is 53.8 Å². The first-order chi connectivity index (χ1) is 13.0. The lowest BCUT2D eigenvalue weighted by molar-refractivity contribution is -0.122. The van der Waals surface area contributed by atoms with E-state index in [4.69, 9.17) is 4.74 Å². The maximum Gasteiger partial charge on any atom is 0.263 e. The molecule has 1 aromatic heterocycles. The Morgan fingerprint density at radius 3 is 2.85 bits per heavy atom. The summed E-state index contributed by atoms with van der Waals surface area (Å²) < 4.78 is 17.9. The van der Waals surface area contributed by atoms with E-state index in [2.05, 4.69) is 25.9 Å². The average Bonchev–Trinajstić information content (AvgIpc) is 3.12. The van der Waals surface area contributed by atoms with Crippen molar-refractivity contribution < 1.29 is 19.0 Å². The van der Waals surface area contributed by atoms with Crippen LogP contribution in [0.4, 0.5) is 4.39 Å². The Hall–Kier alpha value is -3.82. The largest absolute Gasteiger partial charge is 0.504 e. The fourth-order valence-corrected chi connectivity index (χ4v) is 2.14. The zero-order chi connectivity index (χ0) is 19.2. The number of hydrogen-bond donors (Lipinski definition) is 2. The molecule has 138 valence electrons. The van der Waals surface area contributed by atoms with E-state index in [0.29, 0.717) is 16.9 Å². The number of hydrazone groups is 1. The van der Waals surface area contributed by atoms with Gasteiger partial charge in [-0.1, -0.05) is 0 Å². The van der Waals surface area contributed by atoms with Gasteiger partial charge in [0.2, 0.25) is 5.82 Å². The summed E-state index contributed by atoms with van der Waals surface area (Å²) in [7, 11) is 1.43. The number of aromatic nitrogens is 4. The fourth-order valence-electron chi connectivity index (χ4n) is 2.14. The molecule has 0 spiro atoms. The van der Waals surface area contributed by atoms with Gasteiger partial charge in [0.1, 0.15) is 12.4 Å². The van der Waals surface area contributed by atoms with Crippen LogP contribution in [0.2, 0.25) is 0 Å². The van der Waals surface area contributed by atoms with Crippen LogP contribution in [0.5, 0.6) is 11.5 Å². The molecule has 9 nitrogen and oxygen atoms in total. The second-order valence-corrected chi connectivity index (χ2v) is 5.37. The van der Waals surface area contributed by atoms with Gasteiger partial charge < -0.3 is 9.84 Å². The van der Waals surface area contributed by atoms with Crippen LogP contribution in [0, 0.1) is 5.82 Å². The number of phenolic OH excluding ortho intramolecular Hbond substituents is 1. The monoisotopic (exact) mass is 370 g/mol. The Morgan fingerprint density at radius 2 is 2.11 bits per heavy atom. The summed E-state index contributed by atoms with van der Waals surface area (Å²) in [5, 5.41) is 25.0. The van der Waals surface area contributed by atoms with Gasteiger partial charge in [-0.05, 0) is 53.2 Å². The highest BCUT2D eigenvalue weighted by atomic mass is 19.1. The number of methoxy groups -OCH3 is 1. The first kappa shape index (κ1) is 18.0. The van der Waals surface area contributed by atoms with Crippen LogP contribution >= 0.6 is 0 Å². The predicted molar refractivity (Wildman–Crippen MR) is 93.6 cm³/mol. The van der Waals surface area contributed by atoms with Gasteiger partial charge in [0.15, 0.2) is 11.5 Å². The van der Waals surface area contributed by atoms with E-state index in [9.17, 15) is 14.3 Å². The second-order valence-electron chi connectivity index (χ2n) is 5.37. The van der Waals surface area contributed by atoms with Crippen molar-refractivity contribution in [3.63, 3.8) is 0 Å². The van der Waals surface area contributed by atoms with E-state index in [1.165, 1.54) is 43.7 Å². The third-order valence-electron chi connectivity index (χ3n) is 3.45. The number of carbonyl (C=O) groups is 1. The number of aromatic hydroxyl groups is 1. The first-order valence-electron chi connectivity index (χ1n) is 7.78. The molecule has 0 aliphatic carbocycles. The topological polar surface area (TPSA) is 115 Å². The molecular weight excluding hydrogens is 355 g/mol. The van der Waals surface area contributed by atoms with Crippen molar-refractivity contribution in [1.82, 2.24) is 25.6 Å². The highest BCUT2D eigenvalue weighted by molar-refractivity contribution is 5.83. The minimum Gasteiger partial charge on any atom is -0.504 e. The number of amides is 1. The molecule has 0 aliphatic heterocycles. The number of halogens is 1. The Labute approximate surface area is 153 Å². The van der Waals surface area contributed by atoms with Gasteiger partial charge in [0, 0.05) is 5.56 Å². The number of hydrogen-bond acceptors (Lipinski definition) is 7. The van der Waals surface area contributed by atoms with E-state index in [0.717, 1.165) is 4.80 Å². The van der Waals surface area contributed by atoms with Crippen molar-refractivity contribution in [2.24, 2.45) is 5.10 Å². The van der Waals surface area contributed by atoms with E-state index >= 15 is 0 Å². The SMILES string of the molecule is COc1cc(C=NNC(=O)Cn2nnc(-c3ccc(F)cc3)n2)ccc1O. The van der Waals surface area contributed by atoms with Crippen LogP contribution < -0.4 is 10.2 Å². The maximum atomic E-state index is 12.9. The summed E-state index contributed by atoms with van der Waals surface area (Å²) in [6.45, 7) is -0.190. The smallest absolute Gasteiger partial charge is 0.263 e. The summed E-state index contributed by atoms with van der Waals surface area (Å²) in [5.41, 5.74) is 3.55. The molecule has 0 aliphatic rings. The first-order valence-corrected chi connectivity index (χ1v) is 7.78. The highest BCUT2D eigenvalue weighted by Gasteiger charge is 2.09. The van der Waals surface area contributed by atoms with Gasteiger partial charge in [-0.25, -0.2) is 9.82 Å². The summed E-state index contributed by atoms with van der Waals surface area (Å²) in [6.07, 6.45) is 1.40. The number of carbonyl (C=O) groups excluding carboxylic acids is 1. The molecule has 2 aromatic carbocycles. The molecule has 1 heterocycles. The zero-order valence-corrected chi connectivity index (χ0v) is 14.2. The lowest BCUT2D eigenvalue weighted by atomic mass is 10.2. The Morgan fingerprint density at radius 1 is 1.33 bits per heavy atom. The molecule has 10 heteroatoms. The number of nitrogens with one attached hydrogen (secondary N) is 1. The summed E-state index contributed by atoms with van der Waals surface area (Å²) >= 11 is 0. The quantitative estimate of drug-likeness (QED) is 0.500. The van der Waals surface area contributed by atoms with Crippen LogP contribution in [-0.2, 0) is 11.3 Å². The molecule has 0 unspecified atom stereocenters. The van der Waals surface area contributed by atoms with Gasteiger partial charge in [0.05, 0.1) is 13.3 Å². The normalized spacial score (nSPS) is 10.9. The number of nitrogens with zero attached hydrogens (tertiary/aromatic N) is 5. The van der Waals surface area contributed by atoms with Gasteiger partial charge >= 0.3 is 0 Å². The van der Waals surface area contributed by atoms with Crippen LogP contribution in [0.3, 0.4) is 0 Å². The van der Waals surface area contributed by atoms with Crippen LogP contribution in [-0.4, -0.2) is 44.5 Å². The molecule has 0 radical (unpaired) electrons. The Kier molecular flexibility index (Phi) is 5.36. The average molecular weight is 370 g/mol. The molecular formula is C17H15FN6O3. The van der Waals surface area contributed by atoms with E-state index in [1.54, 1.807) is 12.1 Å². The maximum absolute atomic E-state index is 12.9. The molecule has 3 rings (SSSR count). The van der Waals surface area contributed by atoms with Gasteiger partial charge in [-0.3, -0.25) is 4.79 Å². The fraction of sp³-hybridized carbons (Fsp3) is 0.118. The van der Waals surface area contributed by atoms with Crippen LogP contribution in [0.15, 0.2) is 47.6 Å². The van der Waals surface area contributed by atoms with Gasteiger partial charge in [0.25, 0.3) is 5.91 Å². The van der Waals surface area contributed by atoms with Crippen molar-refractivity contribution in [3.8, 4) is 22.9 Å². The van der Waals surface area contributed by atoms with E-state index in [1.807, 2.05) is 0 Å². The van der Waals surface area contributed by atoms with Crippen molar-refractivity contribution >= 4 is 12.1 Å². The lowest BCUT2D eigenvalue weighted by Gasteiger charge is -2.03. The van der Waals surface area contributed by atoms with Crippen LogP contribution in [0.25, 0.3) is 11.4 Å².